The van der Waals surface area contributed by atoms with Gasteiger partial charge in [0.15, 0.2) is 0 Å². The van der Waals surface area contributed by atoms with Gasteiger partial charge in [-0.15, -0.1) is 0 Å². The van der Waals surface area contributed by atoms with Crippen LogP contribution in [-0.2, 0) is 18.4 Å². The molecule has 92 valence electrons. The highest BCUT2D eigenvalue weighted by atomic mass is 32.1. The molecule has 0 aliphatic heterocycles. The highest BCUT2D eigenvalue weighted by molar-refractivity contribution is 7.81. The Kier molecular flexibility index (Phi) is 7.72. The minimum absolute atomic E-state index is 0.648. The molecule has 1 aromatic heterocycles. The largest absolute Gasteiger partial charge is 0.549 e. The SMILES string of the molecule is CC(S)C(=O)[O-].CCCCn1cc[n+](C)c1. The Hall–Kier alpha value is -0.970. The van der Waals surface area contributed by atoms with Gasteiger partial charge in [0.05, 0.1) is 19.6 Å². The first kappa shape index (κ1) is 15.0. The van der Waals surface area contributed by atoms with Crippen molar-refractivity contribution in [2.75, 3.05) is 0 Å². The Morgan fingerprint density at radius 1 is 1.62 bits per heavy atom. The summed E-state index contributed by atoms with van der Waals surface area (Å²) in [5, 5.41) is 8.86. The molecule has 0 bridgehead atoms. The van der Waals surface area contributed by atoms with Crippen LogP contribution in [0.4, 0.5) is 0 Å². The van der Waals surface area contributed by atoms with Crippen molar-refractivity contribution in [1.82, 2.24) is 4.57 Å². The molecular weight excluding hydrogens is 224 g/mol. The van der Waals surface area contributed by atoms with E-state index in [9.17, 15) is 9.90 Å². The number of thiol groups is 1. The van der Waals surface area contributed by atoms with Crippen molar-refractivity contribution in [3.63, 3.8) is 0 Å². The van der Waals surface area contributed by atoms with Crippen LogP contribution in [0.3, 0.4) is 0 Å². The summed E-state index contributed by atoms with van der Waals surface area (Å²) in [5.74, 6) is -1.13. The molecule has 0 amide bonds. The number of carbonyl (C=O) groups is 1. The van der Waals surface area contributed by atoms with E-state index in [0.29, 0.717) is 0 Å². The van der Waals surface area contributed by atoms with E-state index in [2.05, 4.69) is 47.4 Å². The normalized spacial score (nSPS) is 11.5. The molecule has 0 radical (unpaired) electrons. The molecule has 5 heteroatoms. The molecule has 0 N–H and O–H groups in total. The molecule has 1 atom stereocenters. The van der Waals surface area contributed by atoms with Crippen molar-refractivity contribution in [3.8, 4) is 0 Å². The first-order chi connectivity index (χ1) is 7.47. The maximum Gasteiger partial charge on any atom is 0.243 e. The number of unbranched alkanes of at least 4 members (excludes halogenated alkanes) is 1. The van der Waals surface area contributed by atoms with E-state index in [1.165, 1.54) is 19.8 Å². The first-order valence-electron chi connectivity index (χ1n) is 5.37. The molecule has 0 saturated carbocycles. The lowest BCUT2D eigenvalue weighted by Crippen LogP contribution is -2.29. The zero-order chi connectivity index (χ0) is 12.6. The van der Waals surface area contributed by atoms with Crippen LogP contribution in [0.5, 0.6) is 0 Å². The van der Waals surface area contributed by atoms with Gasteiger partial charge >= 0.3 is 0 Å². The average molecular weight is 244 g/mol. The number of carbonyl (C=O) groups excluding carboxylic acids is 1. The molecule has 0 saturated heterocycles. The smallest absolute Gasteiger partial charge is 0.243 e. The topological polar surface area (TPSA) is 48.9 Å². The number of aryl methyl sites for hydroxylation is 2. The number of imidazole rings is 1. The van der Waals surface area contributed by atoms with Gasteiger partial charge in [0.1, 0.15) is 12.4 Å². The summed E-state index contributed by atoms with van der Waals surface area (Å²) in [6.45, 7) is 4.80. The molecular formula is C11H20N2O2S. The summed E-state index contributed by atoms with van der Waals surface area (Å²) >= 11 is 3.53. The number of carboxylic acids is 1. The molecule has 0 spiro atoms. The summed E-state index contributed by atoms with van der Waals surface area (Å²) in [7, 11) is 2.04. The van der Waals surface area contributed by atoms with Crippen molar-refractivity contribution in [1.29, 1.82) is 0 Å². The fourth-order valence-corrected chi connectivity index (χ4v) is 0.975. The van der Waals surface area contributed by atoms with Gasteiger partial charge in [-0.05, 0) is 13.3 Å². The van der Waals surface area contributed by atoms with Gasteiger partial charge in [0.2, 0.25) is 6.33 Å². The van der Waals surface area contributed by atoms with Gasteiger partial charge in [0, 0.05) is 5.25 Å². The second-order valence-electron chi connectivity index (χ2n) is 3.67. The van der Waals surface area contributed by atoms with E-state index in [0.717, 1.165) is 6.54 Å². The first-order valence-corrected chi connectivity index (χ1v) is 5.89. The zero-order valence-corrected chi connectivity index (χ0v) is 11.0. The van der Waals surface area contributed by atoms with Gasteiger partial charge in [-0.1, -0.05) is 13.3 Å². The van der Waals surface area contributed by atoms with Crippen LogP contribution in [-0.4, -0.2) is 15.8 Å². The van der Waals surface area contributed by atoms with Crippen LogP contribution in [0.1, 0.15) is 26.7 Å². The summed E-state index contributed by atoms with van der Waals surface area (Å²) in [6.07, 6.45) is 8.82. The van der Waals surface area contributed by atoms with Crippen LogP contribution < -0.4 is 9.67 Å². The van der Waals surface area contributed by atoms with Crippen molar-refractivity contribution >= 4 is 18.6 Å². The van der Waals surface area contributed by atoms with Crippen molar-refractivity contribution in [3.05, 3.63) is 18.7 Å². The number of hydrogen-bond donors (Lipinski definition) is 1. The van der Waals surface area contributed by atoms with Crippen LogP contribution >= 0.6 is 12.6 Å². The Labute approximate surface area is 102 Å². The van der Waals surface area contributed by atoms with Crippen LogP contribution in [0.2, 0.25) is 0 Å². The van der Waals surface area contributed by atoms with E-state index in [4.69, 9.17) is 0 Å². The lowest BCUT2D eigenvalue weighted by Gasteiger charge is -2.00. The van der Waals surface area contributed by atoms with Gasteiger partial charge in [-0.2, -0.15) is 12.6 Å². The molecule has 16 heavy (non-hydrogen) atoms. The second-order valence-corrected chi connectivity index (χ2v) is 4.44. The maximum atomic E-state index is 9.51. The second kappa shape index (κ2) is 8.21. The summed E-state index contributed by atoms with van der Waals surface area (Å²) in [5.41, 5.74) is 0. The van der Waals surface area contributed by atoms with Gasteiger partial charge < -0.3 is 9.90 Å². The van der Waals surface area contributed by atoms with Crippen molar-refractivity contribution < 1.29 is 14.5 Å². The number of aliphatic carboxylic acids is 1. The standard InChI is InChI=1S/C8H15N2.C3H6O2S/c1-3-4-5-10-7-6-9(2)8-10;1-2(6)3(4)5/h6-8H,3-5H2,1-2H3;2,6H,1H3,(H,4,5)/q+1;/p-1. The van der Waals surface area contributed by atoms with E-state index in [1.807, 2.05) is 7.05 Å². The lowest BCUT2D eigenvalue weighted by atomic mass is 10.3. The molecule has 1 unspecified atom stereocenters. The van der Waals surface area contributed by atoms with E-state index >= 15 is 0 Å². The molecule has 0 fully saturated rings. The Morgan fingerprint density at radius 2 is 2.19 bits per heavy atom. The lowest BCUT2D eigenvalue weighted by molar-refractivity contribution is -0.671. The van der Waals surface area contributed by atoms with Crippen LogP contribution in [0, 0.1) is 0 Å². The van der Waals surface area contributed by atoms with Crippen molar-refractivity contribution in [2.45, 2.75) is 38.5 Å². The number of nitrogens with zero attached hydrogens (tertiary/aromatic N) is 2. The fourth-order valence-electron chi connectivity index (χ4n) is 0.975. The summed E-state index contributed by atoms with van der Waals surface area (Å²) in [4.78, 5) is 9.51. The van der Waals surface area contributed by atoms with Gasteiger partial charge in [-0.3, -0.25) is 0 Å². The number of carboxylic acid groups (broad SMARTS) is 1. The third-order valence-electron chi connectivity index (χ3n) is 1.93. The quantitative estimate of drug-likeness (QED) is 0.606. The minimum Gasteiger partial charge on any atom is -0.549 e. The fraction of sp³-hybridized carbons (Fsp3) is 0.636. The van der Waals surface area contributed by atoms with E-state index in [1.54, 1.807) is 0 Å². The predicted octanol–water partition coefficient (Wildman–Crippen LogP) is 0.167. The molecule has 1 rings (SSSR count). The third kappa shape index (κ3) is 7.34. The highest BCUT2D eigenvalue weighted by Crippen LogP contribution is 1.91. The maximum absolute atomic E-state index is 9.51. The summed E-state index contributed by atoms with van der Waals surface area (Å²) in [6, 6.07) is 0. The van der Waals surface area contributed by atoms with Crippen LogP contribution in [0.25, 0.3) is 0 Å². The Bertz CT molecular complexity index is 311. The molecule has 0 aliphatic carbocycles. The Morgan fingerprint density at radius 3 is 2.50 bits per heavy atom. The molecule has 1 aromatic rings. The predicted molar refractivity (Wildman–Crippen MR) is 64.0 cm³/mol. The molecule has 1 heterocycles. The number of rotatable bonds is 4. The molecule has 0 aliphatic rings. The number of hydrogen-bond acceptors (Lipinski definition) is 3. The van der Waals surface area contributed by atoms with Crippen LogP contribution in [0.15, 0.2) is 18.7 Å². The minimum atomic E-state index is -1.13. The van der Waals surface area contributed by atoms with E-state index < -0.39 is 11.2 Å². The highest BCUT2D eigenvalue weighted by Gasteiger charge is 1.96. The average Bonchev–Trinajstić information content (AvgIpc) is 2.62. The Balaban J connectivity index is 0.000000325. The van der Waals surface area contributed by atoms with Crippen molar-refractivity contribution in [2.24, 2.45) is 7.05 Å². The monoisotopic (exact) mass is 244 g/mol. The third-order valence-corrected chi connectivity index (χ3v) is 2.15. The van der Waals surface area contributed by atoms with Gasteiger partial charge in [-0.25, -0.2) is 9.13 Å². The summed E-state index contributed by atoms with van der Waals surface area (Å²) < 4.78 is 4.28. The molecule has 4 nitrogen and oxygen atoms in total. The molecule has 0 aromatic carbocycles. The van der Waals surface area contributed by atoms with E-state index in [-0.39, 0.29) is 0 Å². The zero-order valence-electron chi connectivity index (χ0n) is 10.1. The van der Waals surface area contributed by atoms with Gasteiger partial charge in [0.25, 0.3) is 0 Å². The number of aromatic nitrogens is 2.